The summed E-state index contributed by atoms with van der Waals surface area (Å²) in [4.78, 5) is 22.1. The fourth-order valence-electron chi connectivity index (χ4n) is 1.42. The van der Waals surface area contributed by atoms with Crippen molar-refractivity contribution in [2.24, 2.45) is 0 Å². The van der Waals surface area contributed by atoms with Gasteiger partial charge in [-0.25, -0.2) is 9.59 Å². The third-order valence-electron chi connectivity index (χ3n) is 2.29. The van der Waals surface area contributed by atoms with Crippen molar-refractivity contribution >= 4 is 23.8 Å². The van der Waals surface area contributed by atoms with E-state index in [1.54, 1.807) is 11.8 Å². The highest BCUT2D eigenvalue weighted by Gasteiger charge is 2.22. The van der Waals surface area contributed by atoms with Gasteiger partial charge in [0, 0.05) is 24.8 Å². The predicted octanol–water partition coefficient (Wildman–Crippen LogP) is -0.373. The average molecular weight is 248 g/mol. The lowest BCUT2D eigenvalue weighted by atomic mass is 10.2. The van der Waals surface area contributed by atoms with E-state index in [-0.39, 0.29) is 19.1 Å². The third-order valence-corrected chi connectivity index (χ3v) is 3.45. The number of aliphatic hydroxyl groups excluding tert-OH is 1. The average Bonchev–Trinajstić information content (AvgIpc) is 2.69. The van der Waals surface area contributed by atoms with Gasteiger partial charge in [-0.2, -0.15) is 11.8 Å². The van der Waals surface area contributed by atoms with Gasteiger partial charge in [-0.05, 0) is 12.2 Å². The van der Waals surface area contributed by atoms with E-state index in [0.717, 1.165) is 17.9 Å². The number of amides is 2. The van der Waals surface area contributed by atoms with E-state index in [0.29, 0.717) is 0 Å². The Hall–Kier alpha value is -0.950. The molecule has 0 bridgehead atoms. The topological polar surface area (TPSA) is 98.7 Å². The Labute approximate surface area is 97.8 Å². The van der Waals surface area contributed by atoms with Crippen LogP contribution in [0, 0.1) is 0 Å². The lowest BCUT2D eigenvalue weighted by Gasteiger charge is -2.16. The Morgan fingerprint density at radius 3 is 2.75 bits per heavy atom. The Balaban J connectivity index is 2.32. The molecule has 0 radical (unpaired) electrons. The van der Waals surface area contributed by atoms with Crippen LogP contribution in [0.1, 0.15) is 12.8 Å². The number of hydrogen-bond acceptors (Lipinski definition) is 4. The number of carboxylic acid groups (broad SMARTS) is 1. The maximum atomic E-state index is 11.4. The normalized spacial score (nSPS) is 21.4. The second kappa shape index (κ2) is 6.59. The van der Waals surface area contributed by atoms with Crippen LogP contribution in [0.15, 0.2) is 0 Å². The molecule has 4 N–H and O–H groups in total. The summed E-state index contributed by atoms with van der Waals surface area (Å²) >= 11 is 1.76. The van der Waals surface area contributed by atoms with E-state index in [9.17, 15) is 9.59 Å². The number of hydrogen-bond donors (Lipinski definition) is 4. The molecule has 16 heavy (non-hydrogen) atoms. The van der Waals surface area contributed by atoms with Crippen LogP contribution in [0.25, 0.3) is 0 Å². The Morgan fingerprint density at radius 2 is 2.25 bits per heavy atom. The molecule has 1 fully saturated rings. The second-order valence-electron chi connectivity index (χ2n) is 3.58. The Bertz CT molecular complexity index is 256. The van der Waals surface area contributed by atoms with E-state index in [1.807, 2.05) is 0 Å². The molecular formula is C9H16N2O4S. The highest BCUT2D eigenvalue weighted by atomic mass is 32.2. The van der Waals surface area contributed by atoms with Gasteiger partial charge in [0.2, 0.25) is 0 Å². The monoisotopic (exact) mass is 248 g/mol. The standard InChI is InChI=1S/C9H16N2O4S/c12-3-1-7(8(13)14)11-9(15)10-6-2-4-16-5-6/h6-7,12H,1-5H2,(H,13,14)(H2,10,11,15)/t6?,7-/m0/s1. The first-order chi connectivity index (χ1) is 7.63. The highest BCUT2D eigenvalue weighted by molar-refractivity contribution is 7.99. The molecule has 1 unspecified atom stereocenters. The summed E-state index contributed by atoms with van der Waals surface area (Å²) in [6.45, 7) is -0.267. The molecule has 1 aliphatic heterocycles. The summed E-state index contributed by atoms with van der Waals surface area (Å²) in [5.41, 5.74) is 0. The van der Waals surface area contributed by atoms with Crippen molar-refractivity contribution in [3.8, 4) is 0 Å². The summed E-state index contributed by atoms with van der Waals surface area (Å²) < 4.78 is 0. The lowest BCUT2D eigenvalue weighted by molar-refractivity contribution is -0.139. The zero-order valence-corrected chi connectivity index (χ0v) is 9.63. The first-order valence-electron chi connectivity index (χ1n) is 5.12. The van der Waals surface area contributed by atoms with Crippen molar-refractivity contribution in [2.75, 3.05) is 18.1 Å². The summed E-state index contributed by atoms with van der Waals surface area (Å²) in [5, 5.41) is 22.4. The van der Waals surface area contributed by atoms with Crippen LogP contribution in [0.4, 0.5) is 4.79 Å². The number of aliphatic carboxylic acids is 1. The number of urea groups is 1. The molecule has 0 spiro atoms. The number of carbonyl (C=O) groups excluding carboxylic acids is 1. The fraction of sp³-hybridized carbons (Fsp3) is 0.778. The molecule has 7 heteroatoms. The van der Waals surface area contributed by atoms with Crippen molar-refractivity contribution in [3.63, 3.8) is 0 Å². The van der Waals surface area contributed by atoms with E-state index >= 15 is 0 Å². The van der Waals surface area contributed by atoms with E-state index in [1.165, 1.54) is 0 Å². The van der Waals surface area contributed by atoms with Gasteiger partial charge in [0.1, 0.15) is 6.04 Å². The highest BCUT2D eigenvalue weighted by Crippen LogP contribution is 2.16. The molecule has 2 atom stereocenters. The minimum Gasteiger partial charge on any atom is -0.480 e. The summed E-state index contributed by atoms with van der Waals surface area (Å²) in [7, 11) is 0. The first kappa shape index (κ1) is 13.1. The lowest BCUT2D eigenvalue weighted by Crippen LogP contribution is -2.49. The maximum absolute atomic E-state index is 11.4. The smallest absolute Gasteiger partial charge is 0.326 e. The van der Waals surface area contributed by atoms with Gasteiger partial charge < -0.3 is 20.8 Å². The van der Waals surface area contributed by atoms with Crippen molar-refractivity contribution < 1.29 is 19.8 Å². The quantitative estimate of drug-likeness (QED) is 0.532. The van der Waals surface area contributed by atoms with Gasteiger partial charge in [0.25, 0.3) is 0 Å². The minimum absolute atomic E-state index is 0.0160. The van der Waals surface area contributed by atoms with Crippen LogP contribution in [0.2, 0.25) is 0 Å². The number of rotatable bonds is 5. The molecule has 0 saturated carbocycles. The number of nitrogens with one attached hydrogen (secondary N) is 2. The molecule has 2 amide bonds. The van der Waals surface area contributed by atoms with Gasteiger partial charge in [-0.1, -0.05) is 0 Å². The molecule has 0 aromatic rings. The van der Waals surface area contributed by atoms with Crippen LogP contribution in [0.5, 0.6) is 0 Å². The van der Waals surface area contributed by atoms with Gasteiger partial charge in [0.15, 0.2) is 0 Å². The second-order valence-corrected chi connectivity index (χ2v) is 4.73. The molecule has 92 valence electrons. The van der Waals surface area contributed by atoms with Gasteiger partial charge in [-0.3, -0.25) is 0 Å². The van der Waals surface area contributed by atoms with Crippen LogP contribution >= 0.6 is 11.8 Å². The third kappa shape index (κ3) is 4.28. The first-order valence-corrected chi connectivity index (χ1v) is 6.27. The van der Waals surface area contributed by atoms with Gasteiger partial charge >= 0.3 is 12.0 Å². The Kier molecular flexibility index (Phi) is 5.41. The summed E-state index contributed by atoms with van der Waals surface area (Å²) in [5.74, 6) is 0.750. The summed E-state index contributed by atoms with van der Waals surface area (Å²) in [6.07, 6.45) is 0.929. The number of aliphatic hydroxyl groups is 1. The van der Waals surface area contributed by atoms with E-state index < -0.39 is 18.0 Å². The van der Waals surface area contributed by atoms with Crippen LogP contribution in [0.3, 0.4) is 0 Å². The SMILES string of the molecule is O=C(NC1CCSC1)N[C@@H](CCO)C(=O)O. The molecule has 1 saturated heterocycles. The van der Waals surface area contributed by atoms with Crippen molar-refractivity contribution in [1.82, 2.24) is 10.6 Å². The summed E-state index contributed by atoms with van der Waals surface area (Å²) in [6, 6.07) is -1.39. The minimum atomic E-state index is -1.13. The number of carbonyl (C=O) groups is 2. The van der Waals surface area contributed by atoms with E-state index in [4.69, 9.17) is 10.2 Å². The molecule has 0 aromatic carbocycles. The maximum Gasteiger partial charge on any atom is 0.326 e. The van der Waals surface area contributed by atoms with Crippen molar-refractivity contribution in [2.45, 2.75) is 24.9 Å². The number of carboxylic acids is 1. The molecule has 0 aliphatic carbocycles. The van der Waals surface area contributed by atoms with Crippen LogP contribution < -0.4 is 10.6 Å². The fourth-order valence-corrected chi connectivity index (χ4v) is 2.57. The van der Waals surface area contributed by atoms with Crippen LogP contribution in [-0.2, 0) is 4.79 Å². The molecular weight excluding hydrogens is 232 g/mol. The van der Waals surface area contributed by atoms with Gasteiger partial charge in [-0.15, -0.1) is 0 Å². The molecule has 1 aliphatic rings. The number of thioether (sulfide) groups is 1. The molecule has 1 heterocycles. The van der Waals surface area contributed by atoms with E-state index in [2.05, 4.69) is 10.6 Å². The largest absolute Gasteiger partial charge is 0.480 e. The zero-order chi connectivity index (χ0) is 12.0. The Morgan fingerprint density at radius 1 is 1.50 bits per heavy atom. The van der Waals surface area contributed by atoms with Crippen molar-refractivity contribution in [1.29, 1.82) is 0 Å². The van der Waals surface area contributed by atoms with Crippen LogP contribution in [-0.4, -0.2) is 52.4 Å². The van der Waals surface area contributed by atoms with Crippen molar-refractivity contribution in [3.05, 3.63) is 0 Å². The zero-order valence-electron chi connectivity index (χ0n) is 8.81. The molecule has 1 rings (SSSR count). The van der Waals surface area contributed by atoms with Gasteiger partial charge in [0.05, 0.1) is 0 Å². The predicted molar refractivity (Wildman–Crippen MR) is 60.5 cm³/mol. The molecule has 0 aromatic heterocycles. The molecule has 6 nitrogen and oxygen atoms in total.